The molecule has 1 amide bonds. The summed E-state index contributed by atoms with van der Waals surface area (Å²) in [6.07, 6.45) is 0. The van der Waals surface area contributed by atoms with Gasteiger partial charge in [-0.1, -0.05) is 18.2 Å². The summed E-state index contributed by atoms with van der Waals surface area (Å²) < 4.78 is 21.6. The molecular weight excluding hydrogens is 294 g/mol. The number of hydrogen-bond donors (Lipinski definition) is 4. The topological polar surface area (TPSA) is 140 Å². The van der Waals surface area contributed by atoms with Gasteiger partial charge in [-0.3, -0.25) is 10.6 Å². The molecule has 0 saturated carbocycles. The molecule has 0 radical (unpaired) electrons. The number of nitrogens with zero attached hydrogens (tertiary/aromatic N) is 1. The Kier molecular flexibility index (Phi) is 4.36. The Labute approximate surface area is 121 Å². The number of nitrogens with one attached hydrogen (secondary N) is 2. The molecule has 1 heterocycles. The van der Waals surface area contributed by atoms with Crippen molar-refractivity contribution in [2.45, 2.75) is 0 Å². The van der Waals surface area contributed by atoms with Crippen molar-refractivity contribution in [1.82, 2.24) is 10.3 Å². The SMILES string of the molecule is NNc1cc(C(=O)NCCS(N)(=O)=O)nc2ccccc12. The smallest absolute Gasteiger partial charge is 0.270 e. The van der Waals surface area contributed by atoms with E-state index in [1.54, 1.807) is 12.1 Å². The van der Waals surface area contributed by atoms with Crippen LogP contribution in [0.2, 0.25) is 0 Å². The molecule has 0 atom stereocenters. The van der Waals surface area contributed by atoms with Crippen molar-refractivity contribution in [3.8, 4) is 0 Å². The minimum atomic E-state index is -3.62. The van der Waals surface area contributed by atoms with Gasteiger partial charge in [0, 0.05) is 11.9 Å². The Bertz CT molecular complexity index is 776. The van der Waals surface area contributed by atoms with Gasteiger partial charge in [-0.05, 0) is 12.1 Å². The Morgan fingerprint density at radius 2 is 2.00 bits per heavy atom. The van der Waals surface area contributed by atoms with Crippen LogP contribution < -0.4 is 21.7 Å². The zero-order valence-electron chi connectivity index (χ0n) is 11.0. The molecule has 1 aromatic heterocycles. The number of carbonyl (C=O) groups is 1. The zero-order chi connectivity index (χ0) is 15.5. The third-order valence-corrected chi connectivity index (χ3v) is 3.55. The Morgan fingerprint density at radius 3 is 2.67 bits per heavy atom. The number of hydrogen-bond acceptors (Lipinski definition) is 6. The van der Waals surface area contributed by atoms with Crippen molar-refractivity contribution in [2.75, 3.05) is 17.7 Å². The van der Waals surface area contributed by atoms with Gasteiger partial charge in [-0.25, -0.2) is 18.5 Å². The second-order valence-electron chi connectivity index (χ2n) is 4.34. The van der Waals surface area contributed by atoms with E-state index in [0.717, 1.165) is 5.39 Å². The number of aromatic nitrogens is 1. The summed E-state index contributed by atoms with van der Waals surface area (Å²) in [5, 5.41) is 8.08. The first kappa shape index (κ1) is 15.2. The fraction of sp³-hybridized carbons (Fsp3) is 0.167. The summed E-state index contributed by atoms with van der Waals surface area (Å²) >= 11 is 0. The fourth-order valence-corrected chi connectivity index (χ4v) is 2.20. The largest absolute Gasteiger partial charge is 0.350 e. The molecule has 2 rings (SSSR count). The van der Waals surface area contributed by atoms with Crippen molar-refractivity contribution in [2.24, 2.45) is 11.0 Å². The third kappa shape index (κ3) is 3.88. The summed E-state index contributed by atoms with van der Waals surface area (Å²) in [5.74, 6) is 4.60. The number of rotatable bonds is 5. The minimum absolute atomic E-state index is 0.0858. The van der Waals surface area contributed by atoms with Crippen LogP contribution in [-0.4, -0.2) is 31.6 Å². The number of para-hydroxylation sites is 1. The van der Waals surface area contributed by atoms with Crippen LogP contribution in [0.25, 0.3) is 10.9 Å². The molecule has 0 aliphatic carbocycles. The lowest BCUT2D eigenvalue weighted by molar-refractivity contribution is 0.0951. The van der Waals surface area contributed by atoms with E-state index in [1.165, 1.54) is 6.07 Å². The van der Waals surface area contributed by atoms with E-state index in [0.29, 0.717) is 11.2 Å². The van der Waals surface area contributed by atoms with Crippen LogP contribution in [0, 0.1) is 0 Å². The first-order valence-corrected chi connectivity index (χ1v) is 7.77. The molecule has 8 nitrogen and oxygen atoms in total. The van der Waals surface area contributed by atoms with Crippen LogP contribution in [-0.2, 0) is 10.0 Å². The highest BCUT2D eigenvalue weighted by atomic mass is 32.2. The van der Waals surface area contributed by atoms with Crippen molar-refractivity contribution >= 4 is 32.5 Å². The van der Waals surface area contributed by atoms with Gasteiger partial charge in [0.25, 0.3) is 5.91 Å². The van der Waals surface area contributed by atoms with Gasteiger partial charge in [0.05, 0.1) is 17.0 Å². The molecule has 2 aromatic rings. The monoisotopic (exact) mass is 309 g/mol. The molecule has 0 saturated heterocycles. The van der Waals surface area contributed by atoms with Gasteiger partial charge in [0.2, 0.25) is 10.0 Å². The number of fused-ring (bicyclic) bond motifs is 1. The highest BCUT2D eigenvalue weighted by Crippen LogP contribution is 2.22. The lowest BCUT2D eigenvalue weighted by Crippen LogP contribution is -2.32. The van der Waals surface area contributed by atoms with Crippen molar-refractivity contribution < 1.29 is 13.2 Å². The van der Waals surface area contributed by atoms with E-state index < -0.39 is 15.9 Å². The predicted octanol–water partition coefficient (Wildman–Crippen LogP) is -0.461. The second kappa shape index (κ2) is 6.04. The van der Waals surface area contributed by atoms with Crippen molar-refractivity contribution in [3.63, 3.8) is 0 Å². The summed E-state index contributed by atoms with van der Waals surface area (Å²) in [6.45, 7) is -0.0858. The normalized spacial score (nSPS) is 11.3. The first-order chi connectivity index (χ1) is 9.90. The molecule has 0 spiro atoms. The highest BCUT2D eigenvalue weighted by Gasteiger charge is 2.12. The van der Waals surface area contributed by atoms with Gasteiger partial charge < -0.3 is 10.7 Å². The van der Waals surface area contributed by atoms with E-state index in [1.807, 2.05) is 12.1 Å². The molecule has 21 heavy (non-hydrogen) atoms. The molecule has 6 N–H and O–H groups in total. The second-order valence-corrected chi connectivity index (χ2v) is 6.07. The van der Waals surface area contributed by atoms with Gasteiger partial charge in [-0.15, -0.1) is 0 Å². The average Bonchev–Trinajstić information content (AvgIpc) is 2.44. The molecular formula is C12H15N5O3S. The summed E-state index contributed by atoms with van der Waals surface area (Å²) in [6, 6.07) is 8.68. The number of sulfonamides is 1. The number of anilines is 1. The number of carbonyl (C=O) groups excluding carboxylic acids is 1. The molecule has 0 bridgehead atoms. The predicted molar refractivity (Wildman–Crippen MR) is 79.9 cm³/mol. The fourth-order valence-electron chi connectivity index (χ4n) is 1.81. The number of amides is 1. The van der Waals surface area contributed by atoms with E-state index in [2.05, 4.69) is 15.7 Å². The highest BCUT2D eigenvalue weighted by molar-refractivity contribution is 7.89. The van der Waals surface area contributed by atoms with Gasteiger partial charge in [0.1, 0.15) is 5.69 Å². The van der Waals surface area contributed by atoms with Crippen LogP contribution in [0.4, 0.5) is 5.69 Å². The summed E-state index contributed by atoms with van der Waals surface area (Å²) in [7, 11) is -3.62. The number of nitrogen functional groups attached to an aromatic ring is 1. The van der Waals surface area contributed by atoms with Crippen molar-refractivity contribution in [3.05, 3.63) is 36.0 Å². The lowest BCUT2D eigenvalue weighted by atomic mass is 10.1. The number of hydrazine groups is 1. The Hall–Kier alpha value is -2.23. The number of pyridine rings is 1. The molecule has 112 valence electrons. The molecule has 1 aromatic carbocycles. The summed E-state index contributed by atoms with van der Waals surface area (Å²) in [5.41, 5.74) is 3.80. The van der Waals surface area contributed by atoms with Crippen molar-refractivity contribution in [1.29, 1.82) is 0 Å². The quantitative estimate of drug-likeness (QED) is 0.435. The van der Waals surface area contributed by atoms with Crippen LogP contribution in [0.15, 0.2) is 30.3 Å². The van der Waals surface area contributed by atoms with Gasteiger partial charge in [-0.2, -0.15) is 0 Å². The van der Waals surface area contributed by atoms with Crippen LogP contribution in [0.3, 0.4) is 0 Å². The number of nitrogens with two attached hydrogens (primary N) is 2. The maximum atomic E-state index is 12.0. The Balaban J connectivity index is 2.23. The average molecular weight is 309 g/mol. The third-order valence-electron chi connectivity index (χ3n) is 2.78. The van der Waals surface area contributed by atoms with Crippen LogP contribution in [0.5, 0.6) is 0 Å². The van der Waals surface area contributed by atoms with E-state index in [9.17, 15) is 13.2 Å². The standard InChI is InChI=1S/C12H15N5O3S/c13-17-10-7-11(12(18)15-5-6-21(14,19)20)16-9-4-2-1-3-8(9)10/h1-4,7H,5-6,13H2,(H,15,18)(H,16,17)(H2,14,19,20). The number of primary sulfonamides is 1. The van der Waals surface area contributed by atoms with Crippen LogP contribution in [0.1, 0.15) is 10.5 Å². The van der Waals surface area contributed by atoms with Gasteiger partial charge in [0.15, 0.2) is 0 Å². The minimum Gasteiger partial charge on any atom is -0.350 e. The maximum absolute atomic E-state index is 12.0. The maximum Gasteiger partial charge on any atom is 0.270 e. The number of benzene rings is 1. The molecule has 9 heteroatoms. The van der Waals surface area contributed by atoms with E-state index in [4.69, 9.17) is 11.0 Å². The zero-order valence-corrected chi connectivity index (χ0v) is 11.9. The van der Waals surface area contributed by atoms with E-state index in [-0.39, 0.29) is 18.0 Å². The van der Waals surface area contributed by atoms with Gasteiger partial charge >= 0.3 is 0 Å². The van der Waals surface area contributed by atoms with Crippen LogP contribution >= 0.6 is 0 Å². The molecule has 0 aliphatic heterocycles. The molecule has 0 fully saturated rings. The first-order valence-electron chi connectivity index (χ1n) is 6.06. The molecule has 0 unspecified atom stereocenters. The lowest BCUT2D eigenvalue weighted by Gasteiger charge is -2.09. The Morgan fingerprint density at radius 1 is 1.29 bits per heavy atom. The summed E-state index contributed by atoms with van der Waals surface area (Å²) in [4.78, 5) is 16.2. The van der Waals surface area contributed by atoms with E-state index >= 15 is 0 Å². The molecule has 0 aliphatic rings.